The molecule has 3 rings (SSSR count). The second-order valence-corrected chi connectivity index (χ2v) is 7.77. The number of rotatable bonds is 4. The van der Waals surface area contributed by atoms with Crippen molar-refractivity contribution in [2.45, 2.75) is 58.4 Å². The van der Waals surface area contributed by atoms with Gasteiger partial charge in [0.15, 0.2) is 0 Å². The summed E-state index contributed by atoms with van der Waals surface area (Å²) >= 11 is 0. The number of hydrogen-bond acceptors (Lipinski definition) is 4. The Balaban J connectivity index is 1.49. The summed E-state index contributed by atoms with van der Waals surface area (Å²) in [5.74, 6) is 0.754. The van der Waals surface area contributed by atoms with Gasteiger partial charge in [-0.15, -0.1) is 0 Å². The van der Waals surface area contributed by atoms with E-state index in [-0.39, 0.29) is 0 Å². The Kier molecular flexibility index (Phi) is 4.89. The van der Waals surface area contributed by atoms with Gasteiger partial charge in [-0.1, -0.05) is 0 Å². The minimum atomic E-state index is 0.481. The van der Waals surface area contributed by atoms with Crippen LogP contribution in [0.3, 0.4) is 0 Å². The molecule has 3 atom stereocenters. The third-order valence-corrected chi connectivity index (χ3v) is 5.67. The van der Waals surface area contributed by atoms with E-state index in [0.29, 0.717) is 24.3 Å². The number of ether oxygens (including phenoxy) is 1. The lowest BCUT2D eigenvalue weighted by atomic mass is 9.99. The highest BCUT2D eigenvalue weighted by atomic mass is 16.5. The zero-order valence-corrected chi connectivity index (χ0v) is 14.3. The molecule has 3 unspecified atom stereocenters. The molecule has 3 saturated heterocycles. The van der Waals surface area contributed by atoms with Gasteiger partial charge >= 0.3 is 0 Å². The van der Waals surface area contributed by atoms with E-state index < -0.39 is 0 Å². The van der Waals surface area contributed by atoms with Crippen LogP contribution in [0.4, 0.5) is 0 Å². The Bertz CT molecular complexity index is 339. The molecule has 3 aliphatic heterocycles. The molecule has 21 heavy (non-hydrogen) atoms. The molecule has 3 aliphatic rings. The average molecular weight is 295 g/mol. The topological polar surface area (TPSA) is 19.0 Å². The Morgan fingerprint density at radius 3 is 2.19 bits per heavy atom. The zero-order valence-electron chi connectivity index (χ0n) is 14.3. The molecule has 3 heterocycles. The molecule has 2 bridgehead atoms. The molecule has 122 valence electrons. The van der Waals surface area contributed by atoms with E-state index in [1.807, 2.05) is 0 Å². The average Bonchev–Trinajstić information content (AvgIpc) is 2.73. The van der Waals surface area contributed by atoms with Crippen LogP contribution in [-0.4, -0.2) is 84.8 Å². The summed E-state index contributed by atoms with van der Waals surface area (Å²) in [4.78, 5) is 7.88. The van der Waals surface area contributed by atoms with Gasteiger partial charge in [0.2, 0.25) is 0 Å². The monoisotopic (exact) mass is 295 g/mol. The fraction of sp³-hybridized carbons (Fsp3) is 1.00. The summed E-state index contributed by atoms with van der Waals surface area (Å²) in [6, 6.07) is 1.35. The minimum Gasteiger partial charge on any atom is -0.372 e. The molecular weight excluding hydrogens is 262 g/mol. The van der Waals surface area contributed by atoms with Crippen molar-refractivity contribution in [2.75, 3.05) is 45.8 Å². The Morgan fingerprint density at radius 1 is 0.905 bits per heavy atom. The van der Waals surface area contributed by atoms with Crippen LogP contribution in [0.5, 0.6) is 0 Å². The Hall–Kier alpha value is -0.160. The molecule has 0 saturated carbocycles. The number of likely N-dealkylation sites (tertiary alicyclic amines) is 1. The highest BCUT2D eigenvalue weighted by molar-refractivity contribution is 4.93. The fourth-order valence-corrected chi connectivity index (χ4v) is 4.19. The maximum absolute atomic E-state index is 6.21. The van der Waals surface area contributed by atoms with Crippen molar-refractivity contribution in [1.29, 1.82) is 0 Å². The first-order valence-corrected chi connectivity index (χ1v) is 8.89. The second-order valence-electron chi connectivity index (χ2n) is 7.77. The number of piperazine rings is 1. The first kappa shape index (κ1) is 15.7. The number of fused-ring (bicyclic) bond motifs is 2. The minimum absolute atomic E-state index is 0.481. The maximum atomic E-state index is 6.21. The molecule has 0 aliphatic carbocycles. The van der Waals surface area contributed by atoms with E-state index in [1.54, 1.807) is 0 Å². The van der Waals surface area contributed by atoms with Gasteiger partial charge in [-0.05, 0) is 34.1 Å². The molecule has 0 N–H and O–H groups in total. The number of nitrogens with zero attached hydrogens (tertiary/aromatic N) is 3. The molecule has 0 aromatic heterocycles. The standard InChI is InChI=1S/C17H33N3O/c1-13(2)19-7-5-18(6-8-19)10-15-9-16-11-20(14(3)4)12-17(15)21-16/h13-17H,5-12H2,1-4H3. The van der Waals surface area contributed by atoms with Crippen molar-refractivity contribution in [3.05, 3.63) is 0 Å². The molecule has 3 fully saturated rings. The molecule has 0 spiro atoms. The summed E-state index contributed by atoms with van der Waals surface area (Å²) in [6.07, 6.45) is 2.25. The first-order valence-electron chi connectivity index (χ1n) is 8.89. The number of morpholine rings is 1. The van der Waals surface area contributed by atoms with Crippen LogP contribution in [0, 0.1) is 5.92 Å². The maximum Gasteiger partial charge on any atom is 0.0747 e. The molecule has 0 radical (unpaired) electrons. The van der Waals surface area contributed by atoms with E-state index in [4.69, 9.17) is 4.74 Å². The van der Waals surface area contributed by atoms with Gasteiger partial charge in [-0.2, -0.15) is 0 Å². The van der Waals surface area contributed by atoms with Crippen LogP contribution in [0.1, 0.15) is 34.1 Å². The van der Waals surface area contributed by atoms with Gasteiger partial charge in [0.1, 0.15) is 0 Å². The fourth-order valence-electron chi connectivity index (χ4n) is 4.19. The number of hydrogen-bond donors (Lipinski definition) is 0. The van der Waals surface area contributed by atoms with Crippen LogP contribution in [0.25, 0.3) is 0 Å². The summed E-state index contributed by atoms with van der Waals surface area (Å²) in [5, 5.41) is 0. The van der Waals surface area contributed by atoms with E-state index >= 15 is 0 Å². The summed E-state index contributed by atoms with van der Waals surface area (Å²) in [5.41, 5.74) is 0. The molecular formula is C17H33N3O. The Morgan fingerprint density at radius 2 is 1.57 bits per heavy atom. The van der Waals surface area contributed by atoms with Gasteiger partial charge < -0.3 is 9.64 Å². The largest absolute Gasteiger partial charge is 0.372 e. The molecule has 0 amide bonds. The lowest BCUT2D eigenvalue weighted by molar-refractivity contribution is -0.0583. The summed E-state index contributed by atoms with van der Waals surface area (Å²) in [6.45, 7) is 17.7. The SMILES string of the molecule is CC(C)N1CCN(CC2CC3CN(C(C)C)CC2O3)CC1. The lowest BCUT2D eigenvalue weighted by Gasteiger charge is -2.39. The van der Waals surface area contributed by atoms with Crippen LogP contribution in [0.2, 0.25) is 0 Å². The lowest BCUT2D eigenvalue weighted by Crippen LogP contribution is -2.51. The van der Waals surface area contributed by atoms with E-state index in [0.717, 1.165) is 19.0 Å². The van der Waals surface area contributed by atoms with Gasteiger partial charge in [0.25, 0.3) is 0 Å². The van der Waals surface area contributed by atoms with Crippen LogP contribution in [-0.2, 0) is 4.74 Å². The van der Waals surface area contributed by atoms with Gasteiger partial charge in [0, 0.05) is 63.8 Å². The molecule has 4 nitrogen and oxygen atoms in total. The van der Waals surface area contributed by atoms with Crippen molar-refractivity contribution in [2.24, 2.45) is 5.92 Å². The van der Waals surface area contributed by atoms with Gasteiger partial charge in [-0.3, -0.25) is 9.80 Å². The van der Waals surface area contributed by atoms with Crippen LogP contribution < -0.4 is 0 Å². The van der Waals surface area contributed by atoms with Crippen molar-refractivity contribution >= 4 is 0 Å². The van der Waals surface area contributed by atoms with E-state index in [2.05, 4.69) is 42.4 Å². The first-order chi connectivity index (χ1) is 10.0. The third kappa shape index (κ3) is 3.61. The van der Waals surface area contributed by atoms with Gasteiger partial charge in [-0.25, -0.2) is 0 Å². The van der Waals surface area contributed by atoms with Crippen molar-refractivity contribution < 1.29 is 4.74 Å². The molecule has 0 aromatic rings. The highest BCUT2D eigenvalue weighted by Crippen LogP contribution is 2.33. The Labute approximate surface area is 130 Å². The predicted octanol–water partition coefficient (Wildman–Crippen LogP) is 1.51. The highest BCUT2D eigenvalue weighted by Gasteiger charge is 2.42. The second kappa shape index (κ2) is 6.53. The quantitative estimate of drug-likeness (QED) is 0.782. The van der Waals surface area contributed by atoms with E-state index in [1.165, 1.54) is 39.1 Å². The van der Waals surface area contributed by atoms with Crippen molar-refractivity contribution in [3.63, 3.8) is 0 Å². The smallest absolute Gasteiger partial charge is 0.0747 e. The van der Waals surface area contributed by atoms with Crippen LogP contribution >= 0.6 is 0 Å². The summed E-state index contributed by atoms with van der Waals surface area (Å²) < 4.78 is 6.21. The van der Waals surface area contributed by atoms with E-state index in [9.17, 15) is 0 Å². The molecule has 0 aromatic carbocycles. The van der Waals surface area contributed by atoms with Crippen molar-refractivity contribution in [1.82, 2.24) is 14.7 Å². The zero-order chi connectivity index (χ0) is 15.0. The predicted molar refractivity (Wildman–Crippen MR) is 86.6 cm³/mol. The third-order valence-electron chi connectivity index (χ3n) is 5.67. The van der Waals surface area contributed by atoms with Crippen LogP contribution in [0.15, 0.2) is 0 Å². The van der Waals surface area contributed by atoms with Gasteiger partial charge in [0.05, 0.1) is 12.2 Å². The normalized spacial score (nSPS) is 36.0. The molecule has 4 heteroatoms. The van der Waals surface area contributed by atoms with Crippen molar-refractivity contribution in [3.8, 4) is 0 Å². The summed E-state index contributed by atoms with van der Waals surface area (Å²) in [7, 11) is 0.